The van der Waals surface area contributed by atoms with Crippen molar-refractivity contribution in [2.45, 2.75) is 6.92 Å². The summed E-state index contributed by atoms with van der Waals surface area (Å²) in [5, 5.41) is 2.07. The quantitative estimate of drug-likeness (QED) is 0.663. The Labute approximate surface area is 126 Å². The van der Waals surface area contributed by atoms with Gasteiger partial charge in [0.05, 0.1) is 0 Å². The SMILES string of the molecule is Cc1cc(Cl)ccc1C(=O)c1c[nH]c2ccc(Cl)cc12. The highest BCUT2D eigenvalue weighted by atomic mass is 35.5. The maximum atomic E-state index is 12.7. The van der Waals surface area contributed by atoms with Gasteiger partial charge in [0.1, 0.15) is 0 Å². The highest BCUT2D eigenvalue weighted by Gasteiger charge is 2.16. The Hall–Kier alpha value is -1.77. The number of carbonyl (C=O) groups excluding carboxylic acids is 1. The largest absolute Gasteiger partial charge is 0.360 e. The van der Waals surface area contributed by atoms with Crippen LogP contribution in [-0.2, 0) is 0 Å². The minimum Gasteiger partial charge on any atom is -0.360 e. The molecule has 0 fully saturated rings. The van der Waals surface area contributed by atoms with Gasteiger partial charge in [0.15, 0.2) is 5.78 Å². The zero-order valence-corrected chi connectivity index (χ0v) is 12.2. The molecular formula is C16H11Cl2NO. The summed E-state index contributed by atoms with van der Waals surface area (Å²) < 4.78 is 0. The molecule has 1 aromatic heterocycles. The van der Waals surface area contributed by atoms with Crippen molar-refractivity contribution in [3.05, 3.63) is 69.3 Å². The van der Waals surface area contributed by atoms with Gasteiger partial charge in [-0.2, -0.15) is 0 Å². The number of benzene rings is 2. The number of fused-ring (bicyclic) bond motifs is 1. The number of hydrogen-bond acceptors (Lipinski definition) is 1. The predicted octanol–water partition coefficient (Wildman–Crippen LogP) is 5.01. The van der Waals surface area contributed by atoms with Crippen LogP contribution in [0.5, 0.6) is 0 Å². The standard InChI is InChI=1S/C16H11Cl2NO/c1-9-6-10(17)2-4-12(9)16(20)14-8-19-15-5-3-11(18)7-13(14)15/h2-8,19H,1H3. The van der Waals surface area contributed by atoms with Crippen LogP contribution >= 0.6 is 23.2 Å². The van der Waals surface area contributed by atoms with Gasteiger partial charge in [-0.25, -0.2) is 0 Å². The molecule has 0 aliphatic heterocycles. The van der Waals surface area contributed by atoms with E-state index in [2.05, 4.69) is 4.98 Å². The minimum atomic E-state index is -0.0346. The molecule has 0 bridgehead atoms. The van der Waals surface area contributed by atoms with Gasteiger partial charge in [0.25, 0.3) is 0 Å². The van der Waals surface area contributed by atoms with E-state index < -0.39 is 0 Å². The number of aromatic amines is 1. The van der Waals surface area contributed by atoms with Gasteiger partial charge in [-0.05, 0) is 48.9 Å². The second-order valence-electron chi connectivity index (χ2n) is 4.68. The Morgan fingerprint density at radius 3 is 2.45 bits per heavy atom. The highest BCUT2D eigenvalue weighted by molar-refractivity contribution is 6.32. The molecule has 2 aromatic carbocycles. The number of aromatic nitrogens is 1. The zero-order valence-electron chi connectivity index (χ0n) is 10.7. The van der Waals surface area contributed by atoms with Gasteiger partial charge < -0.3 is 4.98 Å². The number of nitrogens with one attached hydrogen (secondary N) is 1. The molecule has 0 aliphatic carbocycles. The molecule has 3 aromatic rings. The van der Waals surface area contributed by atoms with Gasteiger partial charge in [-0.3, -0.25) is 4.79 Å². The average Bonchev–Trinajstić information content (AvgIpc) is 2.81. The third-order valence-corrected chi connectivity index (χ3v) is 3.79. The second-order valence-corrected chi connectivity index (χ2v) is 5.55. The molecule has 20 heavy (non-hydrogen) atoms. The predicted molar refractivity (Wildman–Crippen MR) is 82.9 cm³/mol. The molecule has 0 unspecified atom stereocenters. The van der Waals surface area contributed by atoms with Crippen LogP contribution in [0, 0.1) is 6.92 Å². The molecule has 0 aliphatic rings. The molecule has 2 nitrogen and oxygen atoms in total. The summed E-state index contributed by atoms with van der Waals surface area (Å²) in [6.45, 7) is 1.88. The average molecular weight is 304 g/mol. The Balaban J connectivity index is 2.15. The van der Waals surface area contributed by atoms with Gasteiger partial charge in [0, 0.05) is 38.3 Å². The summed E-state index contributed by atoms with van der Waals surface area (Å²) in [5.74, 6) is -0.0346. The maximum absolute atomic E-state index is 12.7. The van der Waals surface area contributed by atoms with Crippen LogP contribution in [0.15, 0.2) is 42.6 Å². The summed E-state index contributed by atoms with van der Waals surface area (Å²) in [4.78, 5) is 15.8. The Morgan fingerprint density at radius 2 is 1.70 bits per heavy atom. The van der Waals surface area contributed by atoms with Crippen LogP contribution in [-0.4, -0.2) is 10.8 Å². The van der Waals surface area contributed by atoms with Crippen molar-refractivity contribution in [1.82, 2.24) is 4.98 Å². The molecule has 0 spiro atoms. The first-order valence-electron chi connectivity index (χ1n) is 6.14. The highest BCUT2D eigenvalue weighted by Crippen LogP contribution is 2.26. The summed E-state index contributed by atoms with van der Waals surface area (Å²) in [6.07, 6.45) is 1.72. The molecule has 100 valence electrons. The van der Waals surface area contributed by atoms with Gasteiger partial charge in [-0.15, -0.1) is 0 Å². The van der Waals surface area contributed by atoms with Gasteiger partial charge in [-0.1, -0.05) is 23.2 Å². The van der Waals surface area contributed by atoms with E-state index in [1.165, 1.54) is 0 Å². The van der Waals surface area contributed by atoms with E-state index >= 15 is 0 Å². The summed E-state index contributed by atoms with van der Waals surface area (Å²) in [5.41, 5.74) is 3.02. The molecule has 0 radical (unpaired) electrons. The van der Waals surface area contributed by atoms with Crippen molar-refractivity contribution >= 4 is 39.9 Å². The molecule has 4 heteroatoms. The molecule has 0 atom stereocenters. The number of aryl methyl sites for hydroxylation is 1. The lowest BCUT2D eigenvalue weighted by Gasteiger charge is -2.05. The van der Waals surface area contributed by atoms with E-state index in [-0.39, 0.29) is 5.78 Å². The number of H-pyrrole nitrogens is 1. The van der Waals surface area contributed by atoms with Crippen molar-refractivity contribution in [3.8, 4) is 0 Å². The summed E-state index contributed by atoms with van der Waals surface area (Å²) in [6, 6.07) is 10.7. The Morgan fingerprint density at radius 1 is 1.00 bits per heavy atom. The summed E-state index contributed by atoms with van der Waals surface area (Å²) in [7, 11) is 0. The van der Waals surface area contributed by atoms with Crippen molar-refractivity contribution in [3.63, 3.8) is 0 Å². The lowest BCUT2D eigenvalue weighted by molar-refractivity contribution is 0.104. The lowest BCUT2D eigenvalue weighted by Crippen LogP contribution is -2.02. The third-order valence-electron chi connectivity index (χ3n) is 3.32. The van der Waals surface area contributed by atoms with E-state index in [0.717, 1.165) is 16.5 Å². The van der Waals surface area contributed by atoms with Gasteiger partial charge >= 0.3 is 0 Å². The number of carbonyl (C=O) groups is 1. The molecule has 1 heterocycles. The Bertz CT molecular complexity index is 820. The van der Waals surface area contributed by atoms with Crippen molar-refractivity contribution in [2.75, 3.05) is 0 Å². The van der Waals surface area contributed by atoms with E-state index in [4.69, 9.17) is 23.2 Å². The second kappa shape index (κ2) is 4.97. The smallest absolute Gasteiger partial charge is 0.195 e. The molecule has 0 amide bonds. The van der Waals surface area contributed by atoms with Crippen molar-refractivity contribution in [2.24, 2.45) is 0 Å². The normalized spacial score (nSPS) is 10.9. The number of ketones is 1. The number of hydrogen-bond donors (Lipinski definition) is 1. The first kappa shape index (κ1) is 13.2. The minimum absolute atomic E-state index is 0.0346. The Kier molecular flexibility index (Phi) is 3.28. The van der Waals surface area contributed by atoms with E-state index in [1.807, 2.05) is 13.0 Å². The van der Waals surface area contributed by atoms with E-state index in [0.29, 0.717) is 21.2 Å². The topological polar surface area (TPSA) is 32.9 Å². The monoisotopic (exact) mass is 303 g/mol. The van der Waals surface area contributed by atoms with Crippen molar-refractivity contribution in [1.29, 1.82) is 0 Å². The van der Waals surface area contributed by atoms with Crippen LogP contribution in [0.25, 0.3) is 10.9 Å². The molecule has 3 rings (SSSR count). The van der Waals surface area contributed by atoms with Crippen LogP contribution < -0.4 is 0 Å². The third kappa shape index (κ3) is 2.21. The van der Waals surface area contributed by atoms with Crippen LogP contribution in [0.4, 0.5) is 0 Å². The zero-order chi connectivity index (χ0) is 14.3. The molecule has 0 saturated heterocycles. The molecule has 0 saturated carbocycles. The summed E-state index contributed by atoms with van der Waals surface area (Å²) >= 11 is 11.9. The molecule has 1 N–H and O–H groups in total. The van der Waals surface area contributed by atoms with Crippen molar-refractivity contribution < 1.29 is 4.79 Å². The van der Waals surface area contributed by atoms with Crippen LogP contribution in [0.3, 0.4) is 0 Å². The maximum Gasteiger partial charge on any atom is 0.195 e. The lowest BCUT2D eigenvalue weighted by atomic mass is 9.99. The number of halogens is 2. The van der Waals surface area contributed by atoms with Crippen LogP contribution in [0.2, 0.25) is 10.0 Å². The first-order valence-corrected chi connectivity index (χ1v) is 6.89. The van der Waals surface area contributed by atoms with Crippen LogP contribution in [0.1, 0.15) is 21.5 Å². The van der Waals surface area contributed by atoms with E-state index in [9.17, 15) is 4.79 Å². The number of rotatable bonds is 2. The fraction of sp³-hybridized carbons (Fsp3) is 0.0625. The van der Waals surface area contributed by atoms with E-state index in [1.54, 1.807) is 36.5 Å². The van der Waals surface area contributed by atoms with Gasteiger partial charge in [0.2, 0.25) is 0 Å². The molecular weight excluding hydrogens is 293 g/mol. The fourth-order valence-corrected chi connectivity index (χ4v) is 2.71. The fourth-order valence-electron chi connectivity index (χ4n) is 2.31. The first-order chi connectivity index (χ1) is 9.56.